The largest absolute Gasteiger partial charge is 0.309 e. The van der Waals surface area contributed by atoms with Crippen LogP contribution in [0.5, 0.6) is 0 Å². The molecule has 0 fully saturated rings. The summed E-state index contributed by atoms with van der Waals surface area (Å²) in [6.07, 6.45) is 0. The summed E-state index contributed by atoms with van der Waals surface area (Å²) in [6.45, 7) is 0. The minimum absolute atomic E-state index is 0.642. The molecule has 0 spiro atoms. The summed E-state index contributed by atoms with van der Waals surface area (Å²) >= 11 is 0. The molecule has 0 aliphatic heterocycles. The monoisotopic (exact) mass is 1480 g/mol. The van der Waals surface area contributed by atoms with Gasteiger partial charge >= 0.3 is 0 Å². The van der Waals surface area contributed by atoms with Gasteiger partial charge in [-0.3, -0.25) is 0 Å². The fourth-order valence-electron chi connectivity index (χ4n) is 17.8. The molecule has 24 aromatic rings. The van der Waals surface area contributed by atoms with Gasteiger partial charge in [0.1, 0.15) is 0 Å². The maximum absolute atomic E-state index is 5.27. The van der Waals surface area contributed by atoms with Crippen LogP contribution in [0.1, 0.15) is 0 Å². The number of benzene rings is 18. The molecule has 6 heterocycles. The van der Waals surface area contributed by atoms with Crippen molar-refractivity contribution in [3.63, 3.8) is 0 Å². The van der Waals surface area contributed by atoms with Crippen LogP contribution in [-0.2, 0) is 0 Å². The molecule has 0 saturated carbocycles. The predicted molar refractivity (Wildman–Crippen MR) is 482 cm³/mol. The summed E-state index contributed by atoms with van der Waals surface area (Å²) in [6, 6.07) is 145. The van der Waals surface area contributed by atoms with Crippen molar-refractivity contribution >= 4 is 130 Å². The van der Waals surface area contributed by atoms with Gasteiger partial charge in [-0.25, -0.2) is 24.9 Å². The van der Waals surface area contributed by atoms with Gasteiger partial charge in [0.15, 0.2) is 23.3 Å². The topological polar surface area (TPSA) is 84.2 Å². The van der Waals surface area contributed by atoms with E-state index in [1.165, 1.54) is 97.9 Å². The smallest absolute Gasteiger partial charge is 0.164 e. The highest BCUT2D eigenvalue weighted by atomic mass is 15.0. The van der Waals surface area contributed by atoms with E-state index in [1.807, 2.05) is 24.3 Å². The predicted octanol–water partition coefficient (Wildman–Crippen LogP) is 27.4. The van der Waals surface area contributed by atoms with Crippen LogP contribution in [0.15, 0.2) is 406 Å². The van der Waals surface area contributed by atoms with E-state index in [4.69, 9.17) is 24.9 Å². The van der Waals surface area contributed by atoms with E-state index in [0.29, 0.717) is 23.3 Å². The van der Waals surface area contributed by atoms with Gasteiger partial charge in [-0.2, -0.15) is 0 Å². The van der Waals surface area contributed by atoms with Crippen LogP contribution in [-0.4, -0.2) is 43.2 Å². The van der Waals surface area contributed by atoms with E-state index in [0.717, 1.165) is 100.0 Å². The number of nitrogens with zero attached hydrogens (tertiary/aromatic N) is 9. The SMILES string of the molecule is c1ccc(-c2cc(-c3ccc4ccccc4c3)nc(-c3cccc4cc(-n5c6ccccc6c6cc7c8ccccc8n(-c8ccccc8)c7cc65)ccc34)n2)cc1.c1ccc(-c2nc(-c3ccc4ccccc4c3)nc(-c3cccc4cc(-n5c6ccccc6c6cc7c8ccccc8n(-c8ccccc8)c7cc65)ccc34)n2)cc1. The van der Waals surface area contributed by atoms with E-state index in [9.17, 15) is 0 Å². The molecule has 116 heavy (non-hydrogen) atoms. The highest BCUT2D eigenvalue weighted by Gasteiger charge is 2.24. The van der Waals surface area contributed by atoms with Gasteiger partial charge in [0.05, 0.1) is 55.5 Å². The minimum atomic E-state index is 0.642. The van der Waals surface area contributed by atoms with Crippen LogP contribution in [0.25, 0.3) is 221 Å². The molecular formula is C107H67N9. The van der Waals surface area contributed by atoms with Gasteiger partial charge in [0.25, 0.3) is 0 Å². The molecule has 9 heteroatoms. The summed E-state index contributed by atoms with van der Waals surface area (Å²) in [4.78, 5) is 25.8. The molecule has 6 aromatic heterocycles. The van der Waals surface area contributed by atoms with E-state index < -0.39 is 0 Å². The Morgan fingerprint density at radius 2 is 0.483 bits per heavy atom. The molecule has 0 aliphatic carbocycles. The van der Waals surface area contributed by atoms with Crippen molar-refractivity contribution in [2.75, 3.05) is 0 Å². The Balaban J connectivity index is 0.000000137. The Hall–Kier alpha value is -15.7. The quantitative estimate of drug-likeness (QED) is 0.136. The van der Waals surface area contributed by atoms with Crippen LogP contribution < -0.4 is 0 Å². The van der Waals surface area contributed by atoms with Gasteiger partial charge in [0, 0.05) is 99.2 Å². The van der Waals surface area contributed by atoms with Crippen molar-refractivity contribution in [2.24, 2.45) is 0 Å². The summed E-state index contributed by atoms with van der Waals surface area (Å²) in [5.41, 5.74) is 21.7. The van der Waals surface area contributed by atoms with Crippen molar-refractivity contribution in [3.8, 4) is 90.8 Å². The zero-order valence-electron chi connectivity index (χ0n) is 62.7. The number of hydrogen-bond acceptors (Lipinski definition) is 5. The minimum Gasteiger partial charge on any atom is -0.309 e. The molecule has 0 unspecified atom stereocenters. The first-order valence-corrected chi connectivity index (χ1v) is 39.4. The van der Waals surface area contributed by atoms with E-state index >= 15 is 0 Å². The third kappa shape index (κ3) is 11.0. The Labute approximate surface area is 666 Å². The van der Waals surface area contributed by atoms with E-state index in [-0.39, 0.29) is 0 Å². The molecule has 0 bridgehead atoms. The molecule has 0 radical (unpaired) electrons. The normalized spacial score (nSPS) is 11.8. The van der Waals surface area contributed by atoms with Crippen LogP contribution in [0, 0.1) is 0 Å². The summed E-state index contributed by atoms with van der Waals surface area (Å²) in [7, 11) is 0. The zero-order valence-corrected chi connectivity index (χ0v) is 62.7. The molecule has 18 aromatic carbocycles. The third-order valence-corrected chi connectivity index (χ3v) is 23.2. The second-order valence-corrected chi connectivity index (χ2v) is 29.9. The van der Waals surface area contributed by atoms with E-state index in [2.05, 4.69) is 400 Å². The van der Waals surface area contributed by atoms with Crippen molar-refractivity contribution in [1.82, 2.24) is 43.2 Å². The number of para-hydroxylation sites is 6. The molecule has 0 amide bonds. The number of rotatable bonds is 10. The van der Waals surface area contributed by atoms with E-state index in [1.54, 1.807) is 0 Å². The molecule has 24 rings (SSSR count). The molecule has 0 N–H and O–H groups in total. The van der Waals surface area contributed by atoms with Gasteiger partial charge < -0.3 is 18.3 Å². The van der Waals surface area contributed by atoms with Gasteiger partial charge in [-0.1, -0.05) is 291 Å². The average molecular weight is 1480 g/mol. The second kappa shape index (κ2) is 27.1. The first-order chi connectivity index (χ1) is 57.5. The lowest BCUT2D eigenvalue weighted by atomic mass is 10.0. The fraction of sp³-hybridized carbons (Fsp3) is 0. The molecule has 540 valence electrons. The molecule has 0 aliphatic rings. The molecule has 0 atom stereocenters. The highest BCUT2D eigenvalue weighted by molar-refractivity contribution is 6.21. The lowest BCUT2D eigenvalue weighted by molar-refractivity contribution is 1.08. The molecule has 0 saturated heterocycles. The Morgan fingerprint density at radius 3 is 0.940 bits per heavy atom. The molecular weight excluding hydrogens is 1410 g/mol. The molecule has 9 nitrogen and oxygen atoms in total. The summed E-state index contributed by atoms with van der Waals surface area (Å²) in [5, 5.41) is 19.1. The van der Waals surface area contributed by atoms with Gasteiger partial charge in [0.2, 0.25) is 0 Å². The van der Waals surface area contributed by atoms with Crippen molar-refractivity contribution in [1.29, 1.82) is 0 Å². The second-order valence-electron chi connectivity index (χ2n) is 29.9. The average Bonchev–Trinajstić information content (AvgIpc) is 1.56. The first-order valence-electron chi connectivity index (χ1n) is 39.4. The Kier molecular flexibility index (Phi) is 15.4. The van der Waals surface area contributed by atoms with Gasteiger partial charge in [-0.05, 0) is 158 Å². The highest BCUT2D eigenvalue weighted by Crippen LogP contribution is 2.45. The van der Waals surface area contributed by atoms with Gasteiger partial charge in [-0.15, -0.1) is 0 Å². The maximum atomic E-state index is 5.27. The maximum Gasteiger partial charge on any atom is 0.164 e. The van der Waals surface area contributed by atoms with Crippen molar-refractivity contribution in [2.45, 2.75) is 0 Å². The van der Waals surface area contributed by atoms with Crippen LogP contribution in [0.4, 0.5) is 0 Å². The lowest BCUT2D eigenvalue weighted by Crippen LogP contribution is -2.01. The fourth-order valence-corrected chi connectivity index (χ4v) is 17.8. The summed E-state index contributed by atoms with van der Waals surface area (Å²) in [5.74, 6) is 2.64. The number of hydrogen-bond donors (Lipinski definition) is 0. The lowest BCUT2D eigenvalue weighted by Gasteiger charge is -2.13. The third-order valence-electron chi connectivity index (χ3n) is 23.2. The summed E-state index contributed by atoms with van der Waals surface area (Å²) < 4.78 is 9.63. The number of fused-ring (bicyclic) bond motifs is 16. The van der Waals surface area contributed by atoms with Crippen molar-refractivity contribution < 1.29 is 0 Å². The zero-order chi connectivity index (χ0) is 76.3. The van der Waals surface area contributed by atoms with Crippen LogP contribution in [0.2, 0.25) is 0 Å². The van der Waals surface area contributed by atoms with Crippen LogP contribution in [0.3, 0.4) is 0 Å². The van der Waals surface area contributed by atoms with Crippen LogP contribution >= 0.6 is 0 Å². The Bertz CT molecular complexity index is 7600. The van der Waals surface area contributed by atoms with Crippen molar-refractivity contribution in [3.05, 3.63) is 406 Å². The first kappa shape index (κ1) is 66.1. The Morgan fingerprint density at radius 1 is 0.147 bits per heavy atom. The standard InChI is InChI=1S/C54H34N4.C53H33N5/c1-3-15-36(16-4-1)48-33-49(39-27-26-35-14-7-8-17-37(35)30-39)56-54(55-48)45-23-13-18-38-31-41(28-29-42(38)45)58-51-25-12-10-22-44(51)47-32-46-43-21-9-11-24-50(43)57(52(46)34-53(47)58)40-19-5-2-6-20-40;1-3-15-35(16-4-1)51-54-52(38-27-26-34-14-7-8-17-36(34)30-38)56-53(55-51)44-23-13-18-37-31-40(28-29-41(37)44)58-48-25-12-10-22-43(48)46-32-45-42-21-9-11-24-47(42)57(49(45)33-50(46)58)39-19-5-2-6-20-39/h1-34H;1-33H. The number of aromatic nitrogens is 9.